The zero-order valence-electron chi connectivity index (χ0n) is 9.26. The number of sulfonamides is 1. The molecule has 6 nitrogen and oxygen atoms in total. The summed E-state index contributed by atoms with van der Waals surface area (Å²) >= 11 is 0. The van der Waals surface area contributed by atoms with Crippen LogP contribution in [0.4, 0.5) is 0 Å². The molecule has 0 saturated heterocycles. The first-order valence-electron chi connectivity index (χ1n) is 5.23. The first kappa shape index (κ1) is 12.1. The van der Waals surface area contributed by atoms with Crippen molar-refractivity contribution < 1.29 is 22.7 Å². The van der Waals surface area contributed by atoms with E-state index >= 15 is 0 Å². The number of carboxylic acids is 1. The van der Waals surface area contributed by atoms with E-state index in [1.54, 1.807) is 0 Å². The van der Waals surface area contributed by atoms with Gasteiger partial charge in [-0.15, -0.1) is 0 Å². The Morgan fingerprint density at radius 2 is 2.24 bits per heavy atom. The number of carbonyl (C=O) groups is 1. The normalized spacial score (nSPS) is 16.1. The molecule has 1 aromatic rings. The number of hydrogen-bond acceptors (Lipinski definition) is 4. The quantitative estimate of drug-likeness (QED) is 0.821. The molecule has 1 fully saturated rings. The number of carboxylic acid groups (broad SMARTS) is 1. The first-order chi connectivity index (χ1) is 7.90. The van der Waals surface area contributed by atoms with Crippen molar-refractivity contribution in [2.45, 2.75) is 24.7 Å². The Morgan fingerprint density at radius 3 is 2.71 bits per heavy atom. The second kappa shape index (κ2) is 4.15. The Morgan fingerprint density at radius 1 is 1.59 bits per heavy atom. The standard InChI is InChI=1S/C10H13NO5S/c1-6-9(4-8(16-6)10(12)13)17(14,15)11-5-7-2-3-7/h4,7,11H,2-3,5H2,1H3,(H,12,13). The summed E-state index contributed by atoms with van der Waals surface area (Å²) in [6, 6.07) is 1.03. The van der Waals surface area contributed by atoms with Gasteiger partial charge in [0.1, 0.15) is 10.7 Å². The van der Waals surface area contributed by atoms with Gasteiger partial charge in [0.15, 0.2) is 0 Å². The van der Waals surface area contributed by atoms with Crippen molar-refractivity contribution in [1.82, 2.24) is 4.72 Å². The van der Waals surface area contributed by atoms with Crippen molar-refractivity contribution in [1.29, 1.82) is 0 Å². The predicted octanol–water partition coefficient (Wildman–Crippen LogP) is 0.975. The van der Waals surface area contributed by atoms with E-state index in [9.17, 15) is 13.2 Å². The van der Waals surface area contributed by atoms with E-state index < -0.39 is 16.0 Å². The highest BCUT2D eigenvalue weighted by Crippen LogP contribution is 2.28. The van der Waals surface area contributed by atoms with Crippen LogP contribution in [0.5, 0.6) is 0 Å². The average Bonchev–Trinajstić information content (AvgIpc) is 2.97. The number of nitrogens with one attached hydrogen (secondary N) is 1. The Bertz CT molecular complexity index is 541. The second-order valence-corrected chi connectivity index (χ2v) is 5.87. The summed E-state index contributed by atoms with van der Waals surface area (Å²) in [4.78, 5) is 10.6. The van der Waals surface area contributed by atoms with Crippen LogP contribution < -0.4 is 4.72 Å². The Hall–Kier alpha value is -1.34. The zero-order chi connectivity index (χ0) is 12.6. The van der Waals surface area contributed by atoms with Gasteiger partial charge in [0, 0.05) is 12.6 Å². The molecule has 0 bridgehead atoms. The molecule has 0 unspecified atom stereocenters. The Kier molecular flexibility index (Phi) is 2.96. The molecule has 7 heteroatoms. The third kappa shape index (κ3) is 2.67. The van der Waals surface area contributed by atoms with Gasteiger partial charge < -0.3 is 9.52 Å². The molecule has 0 spiro atoms. The molecule has 1 aliphatic rings. The van der Waals surface area contributed by atoms with E-state index in [1.807, 2.05) is 0 Å². The lowest BCUT2D eigenvalue weighted by atomic mass is 10.4. The molecule has 0 atom stereocenters. The van der Waals surface area contributed by atoms with Crippen LogP contribution >= 0.6 is 0 Å². The minimum atomic E-state index is -3.67. The van der Waals surface area contributed by atoms with E-state index in [0.29, 0.717) is 12.5 Å². The number of furan rings is 1. The van der Waals surface area contributed by atoms with Crippen LogP contribution in [0.1, 0.15) is 29.2 Å². The van der Waals surface area contributed by atoms with Crippen LogP contribution in [0.3, 0.4) is 0 Å². The SMILES string of the molecule is Cc1oc(C(=O)O)cc1S(=O)(=O)NCC1CC1. The molecule has 1 aliphatic carbocycles. The third-order valence-corrected chi connectivity index (χ3v) is 4.16. The molecular weight excluding hydrogens is 246 g/mol. The topological polar surface area (TPSA) is 96.6 Å². The highest BCUT2D eigenvalue weighted by molar-refractivity contribution is 7.89. The molecular formula is C10H13NO5S. The molecule has 2 rings (SSSR count). The Labute approximate surface area is 98.7 Å². The lowest BCUT2D eigenvalue weighted by Gasteiger charge is -2.03. The largest absolute Gasteiger partial charge is 0.475 e. The van der Waals surface area contributed by atoms with Crippen molar-refractivity contribution in [3.8, 4) is 0 Å². The first-order valence-corrected chi connectivity index (χ1v) is 6.72. The maximum atomic E-state index is 11.9. The number of rotatable bonds is 5. The van der Waals surface area contributed by atoms with Crippen molar-refractivity contribution in [2.75, 3.05) is 6.54 Å². The maximum absolute atomic E-state index is 11.9. The van der Waals surface area contributed by atoms with Crippen molar-refractivity contribution in [3.05, 3.63) is 17.6 Å². The van der Waals surface area contributed by atoms with E-state index in [4.69, 9.17) is 9.52 Å². The highest BCUT2D eigenvalue weighted by atomic mass is 32.2. The average molecular weight is 259 g/mol. The summed E-state index contributed by atoms with van der Waals surface area (Å²) in [7, 11) is -3.67. The summed E-state index contributed by atoms with van der Waals surface area (Å²) in [6.45, 7) is 1.83. The molecule has 94 valence electrons. The Balaban J connectivity index is 2.21. The molecule has 0 amide bonds. The van der Waals surface area contributed by atoms with Gasteiger partial charge in [0.25, 0.3) is 0 Å². The van der Waals surface area contributed by atoms with E-state index in [-0.39, 0.29) is 16.4 Å². The lowest BCUT2D eigenvalue weighted by Crippen LogP contribution is -2.26. The van der Waals surface area contributed by atoms with Crippen LogP contribution in [-0.4, -0.2) is 26.0 Å². The van der Waals surface area contributed by atoms with Crippen molar-refractivity contribution in [3.63, 3.8) is 0 Å². The van der Waals surface area contributed by atoms with Gasteiger partial charge in [0.05, 0.1) is 0 Å². The molecule has 0 aromatic carbocycles. The van der Waals surface area contributed by atoms with Crippen LogP contribution in [0.25, 0.3) is 0 Å². The number of aryl methyl sites for hydroxylation is 1. The molecule has 1 heterocycles. The van der Waals surface area contributed by atoms with Gasteiger partial charge >= 0.3 is 5.97 Å². The molecule has 0 aliphatic heterocycles. The third-order valence-electron chi connectivity index (χ3n) is 2.63. The number of hydrogen-bond donors (Lipinski definition) is 2. The van der Waals surface area contributed by atoms with Gasteiger partial charge in [-0.1, -0.05) is 0 Å². The summed E-state index contributed by atoms with van der Waals surface area (Å²) in [5, 5.41) is 8.71. The van der Waals surface area contributed by atoms with E-state index in [1.165, 1.54) is 6.92 Å². The van der Waals surface area contributed by atoms with Crippen LogP contribution in [0.2, 0.25) is 0 Å². The summed E-state index contributed by atoms with van der Waals surface area (Å²) in [6.07, 6.45) is 2.07. The molecule has 1 saturated carbocycles. The second-order valence-electron chi connectivity index (χ2n) is 4.13. The van der Waals surface area contributed by atoms with Crippen LogP contribution in [-0.2, 0) is 10.0 Å². The summed E-state index contributed by atoms with van der Waals surface area (Å²) in [5.74, 6) is -1.15. The van der Waals surface area contributed by atoms with Crippen LogP contribution in [0, 0.1) is 12.8 Å². The number of aromatic carboxylic acids is 1. The fourth-order valence-electron chi connectivity index (χ4n) is 1.46. The van der Waals surface area contributed by atoms with Gasteiger partial charge in [-0.25, -0.2) is 17.9 Å². The zero-order valence-corrected chi connectivity index (χ0v) is 10.1. The molecule has 1 aromatic heterocycles. The monoisotopic (exact) mass is 259 g/mol. The predicted molar refractivity (Wildman–Crippen MR) is 58.3 cm³/mol. The van der Waals surface area contributed by atoms with Gasteiger partial charge in [-0.3, -0.25) is 0 Å². The fourth-order valence-corrected chi connectivity index (χ4v) is 2.76. The highest BCUT2D eigenvalue weighted by Gasteiger charge is 2.27. The van der Waals surface area contributed by atoms with Crippen LogP contribution in [0.15, 0.2) is 15.4 Å². The van der Waals surface area contributed by atoms with Gasteiger partial charge in [0.2, 0.25) is 15.8 Å². The summed E-state index contributed by atoms with van der Waals surface area (Å²) < 4.78 is 31.0. The van der Waals surface area contributed by atoms with E-state index in [0.717, 1.165) is 18.9 Å². The van der Waals surface area contributed by atoms with E-state index in [2.05, 4.69) is 4.72 Å². The smallest absolute Gasteiger partial charge is 0.371 e. The molecule has 0 radical (unpaired) electrons. The fraction of sp³-hybridized carbons (Fsp3) is 0.500. The van der Waals surface area contributed by atoms with Crippen molar-refractivity contribution in [2.24, 2.45) is 5.92 Å². The molecule has 17 heavy (non-hydrogen) atoms. The lowest BCUT2D eigenvalue weighted by molar-refractivity contribution is 0.0661. The maximum Gasteiger partial charge on any atom is 0.371 e. The molecule has 2 N–H and O–H groups in total. The van der Waals surface area contributed by atoms with Crippen molar-refractivity contribution >= 4 is 16.0 Å². The minimum absolute atomic E-state index is 0.0886. The van der Waals surface area contributed by atoms with Gasteiger partial charge in [-0.2, -0.15) is 0 Å². The van der Waals surface area contributed by atoms with Gasteiger partial charge in [-0.05, 0) is 25.7 Å². The summed E-state index contributed by atoms with van der Waals surface area (Å²) in [5.41, 5.74) is 0. The minimum Gasteiger partial charge on any atom is -0.475 e.